The third-order valence-electron chi connectivity index (χ3n) is 3.93. The molecule has 1 atom stereocenters. The van der Waals surface area contributed by atoms with E-state index in [2.05, 4.69) is 41.2 Å². The molecular formula is C18H26ClN5OS. The van der Waals surface area contributed by atoms with Crippen LogP contribution in [-0.4, -0.2) is 52.0 Å². The van der Waals surface area contributed by atoms with Gasteiger partial charge in [-0.05, 0) is 51.2 Å². The first-order valence-corrected chi connectivity index (χ1v) is 9.93. The predicted molar refractivity (Wildman–Crippen MR) is 107 cm³/mol. The molecule has 1 aromatic heterocycles. The van der Waals surface area contributed by atoms with Gasteiger partial charge in [-0.15, -0.1) is 10.2 Å². The van der Waals surface area contributed by atoms with Crippen LogP contribution >= 0.6 is 23.4 Å². The number of nitrogens with one attached hydrogen (secondary N) is 1. The molecule has 6 nitrogen and oxygen atoms in total. The number of thioether (sulfide) groups is 1. The Morgan fingerprint density at radius 3 is 2.46 bits per heavy atom. The highest BCUT2D eigenvalue weighted by molar-refractivity contribution is 7.99. The van der Waals surface area contributed by atoms with Crippen molar-refractivity contribution in [3.63, 3.8) is 0 Å². The lowest BCUT2D eigenvalue weighted by atomic mass is 10.2. The summed E-state index contributed by atoms with van der Waals surface area (Å²) in [5.74, 6) is 1.54. The van der Waals surface area contributed by atoms with Gasteiger partial charge in [-0.25, -0.2) is 0 Å². The minimum absolute atomic E-state index is 0.00318. The molecule has 0 fully saturated rings. The Labute approximate surface area is 164 Å². The molecular weight excluding hydrogens is 370 g/mol. The minimum Gasteiger partial charge on any atom is -0.355 e. The van der Waals surface area contributed by atoms with Crippen LogP contribution < -0.4 is 5.32 Å². The van der Waals surface area contributed by atoms with Gasteiger partial charge >= 0.3 is 0 Å². The zero-order chi connectivity index (χ0) is 19.3. The third kappa shape index (κ3) is 5.46. The fraction of sp³-hybridized carbons (Fsp3) is 0.500. The molecule has 2 rings (SSSR count). The monoisotopic (exact) mass is 395 g/mol. The van der Waals surface area contributed by atoms with Crippen LogP contribution in [-0.2, 0) is 4.79 Å². The lowest BCUT2D eigenvalue weighted by molar-refractivity contribution is -0.118. The van der Waals surface area contributed by atoms with Crippen molar-refractivity contribution in [3.05, 3.63) is 35.1 Å². The van der Waals surface area contributed by atoms with E-state index in [0.29, 0.717) is 28.4 Å². The number of aromatic nitrogens is 3. The van der Waals surface area contributed by atoms with Crippen molar-refractivity contribution in [1.82, 2.24) is 25.0 Å². The maximum atomic E-state index is 12.0. The summed E-state index contributed by atoms with van der Waals surface area (Å²) < 4.78 is 1.99. The van der Waals surface area contributed by atoms with Crippen LogP contribution in [0.5, 0.6) is 0 Å². The van der Waals surface area contributed by atoms with Gasteiger partial charge in [0.2, 0.25) is 5.91 Å². The van der Waals surface area contributed by atoms with E-state index in [4.69, 9.17) is 11.6 Å². The molecule has 1 N–H and O–H groups in total. The SMILES string of the molecule is CC(C)CNC(=O)CSc1nnc([C@@H](C)N(C)C)n1-c1ccc(Cl)cc1. The van der Waals surface area contributed by atoms with Crippen molar-refractivity contribution >= 4 is 29.3 Å². The third-order valence-corrected chi connectivity index (χ3v) is 5.11. The summed E-state index contributed by atoms with van der Waals surface area (Å²) in [6, 6.07) is 7.61. The van der Waals surface area contributed by atoms with Crippen LogP contribution in [0.2, 0.25) is 5.02 Å². The van der Waals surface area contributed by atoms with Gasteiger partial charge in [-0.2, -0.15) is 0 Å². The van der Waals surface area contributed by atoms with Crippen molar-refractivity contribution in [2.24, 2.45) is 5.92 Å². The first kappa shape index (κ1) is 20.7. The van der Waals surface area contributed by atoms with E-state index >= 15 is 0 Å². The summed E-state index contributed by atoms with van der Waals surface area (Å²) in [5.41, 5.74) is 0.924. The molecule has 2 aromatic rings. The number of rotatable bonds is 8. The molecule has 0 saturated heterocycles. The van der Waals surface area contributed by atoms with Gasteiger partial charge in [0.25, 0.3) is 0 Å². The first-order valence-electron chi connectivity index (χ1n) is 8.56. The van der Waals surface area contributed by atoms with E-state index in [1.54, 1.807) is 0 Å². The number of hydrogen-bond acceptors (Lipinski definition) is 5. The molecule has 0 saturated carbocycles. The van der Waals surface area contributed by atoms with Crippen molar-refractivity contribution in [2.75, 3.05) is 26.4 Å². The van der Waals surface area contributed by atoms with E-state index in [1.165, 1.54) is 11.8 Å². The molecule has 26 heavy (non-hydrogen) atoms. The van der Waals surface area contributed by atoms with E-state index in [-0.39, 0.29) is 11.9 Å². The second kappa shape index (κ2) is 9.39. The van der Waals surface area contributed by atoms with Crippen molar-refractivity contribution in [2.45, 2.75) is 32.0 Å². The topological polar surface area (TPSA) is 63.1 Å². The molecule has 142 valence electrons. The predicted octanol–water partition coefficient (Wildman–Crippen LogP) is 3.41. The number of carbonyl (C=O) groups excluding carboxylic acids is 1. The maximum Gasteiger partial charge on any atom is 0.230 e. The van der Waals surface area contributed by atoms with Gasteiger partial charge in [-0.3, -0.25) is 14.3 Å². The second-order valence-electron chi connectivity index (χ2n) is 6.78. The largest absolute Gasteiger partial charge is 0.355 e. The standard InChI is InChI=1S/C18H26ClN5OS/c1-12(2)10-20-16(25)11-26-18-22-21-17(13(3)23(4)5)24(18)15-8-6-14(19)7-9-15/h6-9,12-13H,10-11H2,1-5H3,(H,20,25)/t13-/m1/s1. The van der Waals surface area contributed by atoms with Gasteiger partial charge in [0, 0.05) is 17.3 Å². The molecule has 0 bridgehead atoms. The summed E-state index contributed by atoms with van der Waals surface area (Å²) in [6.45, 7) is 6.88. The summed E-state index contributed by atoms with van der Waals surface area (Å²) in [6.07, 6.45) is 0. The average Bonchev–Trinajstić information content (AvgIpc) is 3.01. The number of benzene rings is 1. The summed E-state index contributed by atoms with van der Waals surface area (Å²) in [4.78, 5) is 14.1. The normalized spacial score (nSPS) is 12.6. The Balaban J connectivity index is 2.25. The fourth-order valence-electron chi connectivity index (χ4n) is 2.21. The Morgan fingerprint density at radius 2 is 1.88 bits per heavy atom. The highest BCUT2D eigenvalue weighted by Crippen LogP contribution is 2.27. The summed E-state index contributed by atoms with van der Waals surface area (Å²) in [7, 11) is 4.00. The zero-order valence-corrected chi connectivity index (χ0v) is 17.4. The van der Waals surface area contributed by atoms with Crippen LogP contribution in [0.4, 0.5) is 0 Å². The molecule has 8 heteroatoms. The van der Waals surface area contributed by atoms with Crippen molar-refractivity contribution in [3.8, 4) is 5.69 Å². The Hall–Kier alpha value is -1.57. The van der Waals surface area contributed by atoms with Gasteiger partial charge in [0.1, 0.15) is 0 Å². The number of nitrogens with zero attached hydrogens (tertiary/aromatic N) is 4. The van der Waals surface area contributed by atoms with Crippen LogP contribution in [0, 0.1) is 5.92 Å². The van der Waals surface area contributed by atoms with Crippen molar-refractivity contribution < 1.29 is 4.79 Å². The van der Waals surface area contributed by atoms with Crippen LogP contribution in [0.15, 0.2) is 29.4 Å². The minimum atomic E-state index is -0.00318. The average molecular weight is 396 g/mol. The van der Waals surface area contributed by atoms with Crippen LogP contribution in [0.25, 0.3) is 5.69 Å². The lowest BCUT2D eigenvalue weighted by Crippen LogP contribution is -2.28. The maximum absolute atomic E-state index is 12.0. The fourth-order valence-corrected chi connectivity index (χ4v) is 3.12. The van der Waals surface area contributed by atoms with E-state index in [1.807, 2.05) is 42.9 Å². The van der Waals surface area contributed by atoms with Gasteiger partial charge in [0.15, 0.2) is 11.0 Å². The number of carbonyl (C=O) groups is 1. The highest BCUT2D eigenvalue weighted by atomic mass is 35.5. The highest BCUT2D eigenvalue weighted by Gasteiger charge is 2.21. The molecule has 0 aliphatic carbocycles. The molecule has 1 heterocycles. The molecule has 1 aromatic carbocycles. The first-order chi connectivity index (χ1) is 12.3. The summed E-state index contributed by atoms with van der Waals surface area (Å²) >= 11 is 7.40. The van der Waals surface area contributed by atoms with Gasteiger partial charge in [-0.1, -0.05) is 37.2 Å². The smallest absolute Gasteiger partial charge is 0.230 e. The Morgan fingerprint density at radius 1 is 1.23 bits per heavy atom. The molecule has 0 radical (unpaired) electrons. The lowest BCUT2D eigenvalue weighted by Gasteiger charge is -2.20. The molecule has 1 amide bonds. The van der Waals surface area contributed by atoms with E-state index in [0.717, 1.165) is 11.5 Å². The number of amides is 1. The molecule has 0 aliphatic heterocycles. The van der Waals surface area contributed by atoms with Crippen LogP contribution in [0.1, 0.15) is 32.6 Å². The number of halogens is 1. The summed E-state index contributed by atoms with van der Waals surface area (Å²) in [5, 5.41) is 13.0. The zero-order valence-electron chi connectivity index (χ0n) is 15.9. The Kier molecular flexibility index (Phi) is 7.49. The molecule has 0 unspecified atom stereocenters. The van der Waals surface area contributed by atoms with Crippen molar-refractivity contribution in [1.29, 1.82) is 0 Å². The quantitative estimate of drug-likeness (QED) is 0.694. The van der Waals surface area contributed by atoms with E-state index < -0.39 is 0 Å². The molecule has 0 aliphatic rings. The Bertz CT molecular complexity index is 730. The molecule has 0 spiro atoms. The van der Waals surface area contributed by atoms with E-state index in [9.17, 15) is 4.79 Å². The van der Waals surface area contributed by atoms with Crippen LogP contribution in [0.3, 0.4) is 0 Å². The number of hydrogen-bond donors (Lipinski definition) is 1. The van der Waals surface area contributed by atoms with Gasteiger partial charge < -0.3 is 5.32 Å². The second-order valence-corrected chi connectivity index (χ2v) is 8.16. The van der Waals surface area contributed by atoms with Gasteiger partial charge in [0.05, 0.1) is 11.8 Å².